The number of fused-ring (bicyclic) bond motifs is 1. The van der Waals surface area contributed by atoms with Gasteiger partial charge in [0.25, 0.3) is 0 Å². The van der Waals surface area contributed by atoms with Crippen LogP contribution in [0.15, 0.2) is 24.3 Å². The normalized spacial score (nSPS) is 29.3. The number of halogens is 1. The number of alkyl halides is 1. The lowest BCUT2D eigenvalue weighted by molar-refractivity contribution is -0.126. The van der Waals surface area contributed by atoms with Crippen molar-refractivity contribution in [1.29, 1.82) is 0 Å². The average molecular weight is 475 g/mol. The molecule has 4 unspecified atom stereocenters. The summed E-state index contributed by atoms with van der Waals surface area (Å²) in [5.41, 5.74) is 8.05. The molecule has 4 N–H and O–H groups in total. The highest BCUT2D eigenvalue weighted by Crippen LogP contribution is 2.38. The molecule has 4 atom stereocenters. The van der Waals surface area contributed by atoms with Gasteiger partial charge in [0.05, 0.1) is 5.38 Å². The van der Waals surface area contributed by atoms with Crippen LogP contribution in [-0.4, -0.2) is 40.1 Å². The Kier molecular flexibility index (Phi) is 6.38. The molecule has 3 fully saturated rings. The molecule has 1 aromatic heterocycles. The predicted molar refractivity (Wildman–Crippen MR) is 130 cm³/mol. The van der Waals surface area contributed by atoms with E-state index in [9.17, 15) is 4.79 Å². The molecule has 2 aromatic rings. The van der Waals surface area contributed by atoms with E-state index in [0.717, 1.165) is 66.5 Å². The van der Waals surface area contributed by atoms with Gasteiger partial charge in [-0.2, -0.15) is 0 Å². The number of nitrogens with one attached hydrogen (secondary N) is 4. The summed E-state index contributed by atoms with van der Waals surface area (Å²) in [6, 6.07) is 8.52. The van der Waals surface area contributed by atoms with Crippen LogP contribution in [0, 0.1) is 11.3 Å². The van der Waals surface area contributed by atoms with Crippen LogP contribution in [0.25, 0.3) is 10.6 Å². The van der Waals surface area contributed by atoms with Gasteiger partial charge in [-0.15, -0.1) is 21.8 Å². The molecule has 1 amide bonds. The van der Waals surface area contributed by atoms with Crippen LogP contribution in [0.1, 0.15) is 51.9 Å². The lowest BCUT2D eigenvalue weighted by Gasteiger charge is -2.35. The van der Waals surface area contributed by atoms with Gasteiger partial charge in [0.2, 0.25) is 11.0 Å². The number of hydrazine groups is 1. The van der Waals surface area contributed by atoms with Crippen molar-refractivity contribution < 1.29 is 4.79 Å². The number of nitrogens with zero attached hydrogens (tertiary/aromatic N) is 2. The van der Waals surface area contributed by atoms with Crippen LogP contribution in [0.4, 0.5) is 10.8 Å². The summed E-state index contributed by atoms with van der Waals surface area (Å²) in [5, 5.41) is 17.1. The minimum atomic E-state index is -0.268. The van der Waals surface area contributed by atoms with Gasteiger partial charge < -0.3 is 10.6 Å². The second kappa shape index (κ2) is 9.25. The van der Waals surface area contributed by atoms with Gasteiger partial charge in [0.1, 0.15) is 5.01 Å². The number of hydrogen-bond donors (Lipinski definition) is 4. The van der Waals surface area contributed by atoms with Gasteiger partial charge in [0.15, 0.2) is 0 Å². The first-order chi connectivity index (χ1) is 15.5. The number of benzene rings is 1. The average Bonchev–Trinajstić information content (AvgIpc) is 3.47. The zero-order chi connectivity index (χ0) is 22.1. The molecule has 172 valence electrons. The van der Waals surface area contributed by atoms with E-state index in [-0.39, 0.29) is 22.7 Å². The first kappa shape index (κ1) is 22.1. The van der Waals surface area contributed by atoms with Crippen LogP contribution in [0.3, 0.4) is 0 Å². The molecule has 3 aliphatic rings. The Morgan fingerprint density at radius 2 is 2.06 bits per heavy atom. The maximum absolute atomic E-state index is 12.9. The van der Waals surface area contributed by atoms with Crippen molar-refractivity contribution in [3.63, 3.8) is 0 Å². The highest BCUT2D eigenvalue weighted by atomic mass is 35.5. The van der Waals surface area contributed by atoms with Crippen LogP contribution in [0.2, 0.25) is 0 Å². The van der Waals surface area contributed by atoms with Gasteiger partial charge in [0, 0.05) is 41.2 Å². The molecular formula is C23H31ClN6OS. The Balaban J connectivity index is 1.25. The predicted octanol–water partition coefficient (Wildman–Crippen LogP) is 4.39. The second-order valence-electron chi connectivity index (χ2n) is 9.64. The Morgan fingerprint density at radius 3 is 2.91 bits per heavy atom. The SMILES string of the molecule is CC1(C(=O)Nc2cccc(-c3nnc(NC4CCC5NNCC5C4Cl)s3)c2)CCCCC1. The van der Waals surface area contributed by atoms with E-state index in [1.165, 1.54) is 17.8 Å². The van der Waals surface area contributed by atoms with Crippen molar-refractivity contribution in [3.8, 4) is 10.6 Å². The minimum absolute atomic E-state index is 0.0447. The van der Waals surface area contributed by atoms with Crippen LogP contribution < -0.4 is 21.5 Å². The third kappa shape index (κ3) is 4.51. The summed E-state index contributed by atoms with van der Waals surface area (Å²) >= 11 is 8.30. The molecular weight excluding hydrogens is 444 g/mol. The van der Waals surface area contributed by atoms with Gasteiger partial charge in [-0.3, -0.25) is 15.6 Å². The third-order valence-electron chi connectivity index (χ3n) is 7.33. The summed E-state index contributed by atoms with van der Waals surface area (Å²) in [7, 11) is 0. The quantitative estimate of drug-likeness (QED) is 0.480. The number of aromatic nitrogens is 2. The minimum Gasteiger partial charge on any atom is -0.356 e. The van der Waals surface area contributed by atoms with Crippen molar-refractivity contribution in [2.24, 2.45) is 11.3 Å². The van der Waals surface area contributed by atoms with E-state index >= 15 is 0 Å². The molecule has 2 saturated carbocycles. The lowest BCUT2D eigenvalue weighted by Crippen LogP contribution is -2.47. The fraction of sp³-hybridized carbons (Fsp3) is 0.609. The van der Waals surface area contributed by atoms with E-state index < -0.39 is 0 Å². The molecule has 5 rings (SSSR count). The first-order valence-corrected chi connectivity index (χ1v) is 12.9. The standard InChI is InChI=1S/C23H31ClN6OS/c1-23(10-3-2-4-11-23)21(31)26-15-7-5-6-14(12-15)20-29-30-22(32-20)27-18-9-8-17-16(19(18)24)13-25-28-17/h5-7,12,16-19,25,28H,2-4,8-11,13H2,1H3,(H,26,31)(H,27,30). The smallest absolute Gasteiger partial charge is 0.230 e. The third-order valence-corrected chi connectivity index (χ3v) is 8.86. The molecule has 1 saturated heterocycles. The summed E-state index contributed by atoms with van der Waals surface area (Å²) in [6.45, 7) is 2.99. The molecule has 1 aliphatic heterocycles. The van der Waals surface area contributed by atoms with Crippen molar-refractivity contribution in [2.75, 3.05) is 17.2 Å². The largest absolute Gasteiger partial charge is 0.356 e. The second-order valence-corrected chi connectivity index (χ2v) is 11.1. The van der Waals surface area contributed by atoms with Crippen LogP contribution in [-0.2, 0) is 4.79 Å². The molecule has 0 bridgehead atoms. The summed E-state index contributed by atoms with van der Waals surface area (Å²) < 4.78 is 0. The van der Waals surface area contributed by atoms with E-state index in [4.69, 9.17) is 11.6 Å². The van der Waals surface area contributed by atoms with Crippen molar-refractivity contribution in [2.45, 2.75) is 69.3 Å². The summed E-state index contributed by atoms with van der Waals surface area (Å²) in [6.07, 6.45) is 7.49. The van der Waals surface area contributed by atoms with Gasteiger partial charge in [-0.25, -0.2) is 0 Å². The Labute approximate surface area is 198 Å². The molecule has 7 nitrogen and oxygen atoms in total. The highest BCUT2D eigenvalue weighted by Gasteiger charge is 2.41. The van der Waals surface area contributed by atoms with E-state index in [1.807, 2.05) is 24.3 Å². The summed E-state index contributed by atoms with van der Waals surface area (Å²) in [5.74, 6) is 0.537. The van der Waals surface area contributed by atoms with Crippen molar-refractivity contribution in [3.05, 3.63) is 24.3 Å². The molecule has 2 heterocycles. The maximum atomic E-state index is 12.9. The van der Waals surface area contributed by atoms with Gasteiger partial charge in [-0.1, -0.05) is 49.7 Å². The molecule has 9 heteroatoms. The monoisotopic (exact) mass is 474 g/mol. The van der Waals surface area contributed by atoms with Gasteiger partial charge >= 0.3 is 0 Å². The van der Waals surface area contributed by atoms with E-state index in [2.05, 4.69) is 38.6 Å². The number of anilines is 2. The molecule has 2 aliphatic carbocycles. The number of carbonyl (C=O) groups excluding carboxylic acids is 1. The number of rotatable bonds is 5. The highest BCUT2D eigenvalue weighted by molar-refractivity contribution is 7.18. The Hall–Kier alpha value is -1.74. The van der Waals surface area contributed by atoms with Crippen LogP contribution >= 0.6 is 22.9 Å². The summed E-state index contributed by atoms with van der Waals surface area (Å²) in [4.78, 5) is 12.9. The Morgan fingerprint density at radius 1 is 1.22 bits per heavy atom. The van der Waals surface area contributed by atoms with Crippen molar-refractivity contribution >= 4 is 39.7 Å². The van der Waals surface area contributed by atoms with Crippen molar-refractivity contribution in [1.82, 2.24) is 21.0 Å². The van der Waals surface area contributed by atoms with Gasteiger partial charge in [-0.05, 0) is 37.8 Å². The lowest BCUT2D eigenvalue weighted by atomic mass is 9.75. The van der Waals surface area contributed by atoms with Crippen LogP contribution in [0.5, 0.6) is 0 Å². The fourth-order valence-corrected chi connectivity index (χ4v) is 6.53. The number of amides is 1. The fourth-order valence-electron chi connectivity index (χ4n) is 5.27. The molecule has 32 heavy (non-hydrogen) atoms. The topological polar surface area (TPSA) is 91.0 Å². The number of carbonyl (C=O) groups is 1. The molecule has 1 aromatic carbocycles. The van der Waals surface area contributed by atoms with E-state index in [0.29, 0.717) is 12.0 Å². The van der Waals surface area contributed by atoms with E-state index in [1.54, 1.807) is 0 Å². The molecule has 0 radical (unpaired) electrons. The molecule has 0 spiro atoms. The Bertz CT molecular complexity index is 961. The maximum Gasteiger partial charge on any atom is 0.230 e. The number of hydrogen-bond acceptors (Lipinski definition) is 7. The first-order valence-electron chi connectivity index (χ1n) is 11.7. The zero-order valence-electron chi connectivity index (χ0n) is 18.4. The zero-order valence-corrected chi connectivity index (χ0v) is 19.9.